The van der Waals surface area contributed by atoms with Crippen LogP contribution in [0.25, 0.3) is 5.57 Å². The second-order valence-electron chi connectivity index (χ2n) is 10.9. The van der Waals surface area contributed by atoms with Crippen LogP contribution in [0.3, 0.4) is 0 Å². The van der Waals surface area contributed by atoms with Crippen LogP contribution in [-0.4, -0.2) is 28.6 Å². The fourth-order valence-electron chi connectivity index (χ4n) is 3.89. The first-order chi connectivity index (χ1) is 19.4. The molecule has 41 heavy (non-hydrogen) atoms. The summed E-state index contributed by atoms with van der Waals surface area (Å²) in [5, 5.41) is 8.44. The molecule has 3 rings (SSSR count). The van der Waals surface area contributed by atoms with Gasteiger partial charge in [0, 0.05) is 18.7 Å². The van der Waals surface area contributed by atoms with Crippen LogP contribution >= 0.6 is 0 Å². The van der Waals surface area contributed by atoms with E-state index in [1.807, 2.05) is 11.0 Å². The van der Waals surface area contributed by atoms with Crippen molar-refractivity contribution in [3.8, 4) is 0 Å². The minimum absolute atomic E-state index is 0.0208. The number of rotatable bonds is 10. The van der Waals surface area contributed by atoms with E-state index in [-0.39, 0.29) is 5.78 Å². The van der Waals surface area contributed by atoms with Crippen LogP contribution in [0.4, 0.5) is 0 Å². The van der Waals surface area contributed by atoms with Gasteiger partial charge in [-0.05, 0) is 95.6 Å². The maximum Gasteiger partial charge on any atom is 0.149 e. The van der Waals surface area contributed by atoms with E-state index >= 15 is 0 Å². The normalized spacial score (nSPS) is 12.6. The molecule has 0 unspecified atom stereocenters. The quantitative estimate of drug-likeness (QED) is 0.175. The van der Waals surface area contributed by atoms with Gasteiger partial charge >= 0.3 is 0 Å². The summed E-state index contributed by atoms with van der Waals surface area (Å²) in [5.41, 5.74) is 12.3. The molecule has 0 aliphatic heterocycles. The van der Waals surface area contributed by atoms with E-state index in [0.717, 1.165) is 44.3 Å². The summed E-state index contributed by atoms with van der Waals surface area (Å²) in [6.07, 6.45) is 15.2. The zero-order valence-electron chi connectivity index (χ0n) is 26.2. The lowest BCUT2D eigenvalue weighted by molar-refractivity contribution is -0.120. The van der Waals surface area contributed by atoms with Crippen molar-refractivity contribution in [2.45, 2.75) is 79.2 Å². The van der Waals surface area contributed by atoms with Gasteiger partial charge in [-0.2, -0.15) is 0 Å². The lowest BCUT2D eigenvalue weighted by Gasteiger charge is -2.26. The Hall–Kier alpha value is -3.76. The van der Waals surface area contributed by atoms with Crippen molar-refractivity contribution in [3.63, 3.8) is 0 Å². The monoisotopic (exact) mass is 553 g/mol. The van der Waals surface area contributed by atoms with Crippen LogP contribution in [0.1, 0.15) is 77.0 Å². The summed E-state index contributed by atoms with van der Waals surface area (Å²) in [6, 6.07) is 18.8. The van der Waals surface area contributed by atoms with E-state index < -0.39 is 5.54 Å². The van der Waals surface area contributed by atoms with Gasteiger partial charge in [0.05, 0.1) is 5.54 Å². The molecule has 0 fully saturated rings. The molecule has 1 aliphatic carbocycles. The molecule has 3 N–H and O–H groups in total. The van der Waals surface area contributed by atoms with Crippen molar-refractivity contribution in [2.24, 2.45) is 5.73 Å². The maximum atomic E-state index is 10.3. The predicted molar refractivity (Wildman–Crippen MR) is 179 cm³/mol. The highest BCUT2D eigenvalue weighted by Gasteiger charge is 2.15. The van der Waals surface area contributed by atoms with Crippen LogP contribution < -0.4 is 5.73 Å². The summed E-state index contributed by atoms with van der Waals surface area (Å²) in [5.74, 6) is 0.647. The van der Waals surface area contributed by atoms with E-state index in [1.54, 1.807) is 19.9 Å². The third kappa shape index (κ3) is 13.9. The predicted octanol–water partition coefficient (Wildman–Crippen LogP) is 9.00. The number of nitrogens with zero attached hydrogens (tertiary/aromatic N) is 1. The Morgan fingerprint density at radius 2 is 1.68 bits per heavy atom. The molecule has 2 aromatic carbocycles. The van der Waals surface area contributed by atoms with E-state index in [1.165, 1.54) is 34.8 Å². The second-order valence-corrected chi connectivity index (χ2v) is 10.9. The Bertz CT molecular complexity index is 1230. The van der Waals surface area contributed by atoms with Crippen LogP contribution in [0.2, 0.25) is 0 Å². The SMILES string of the molecule is C/C=C(/C)c1ccccc1C.C=CC(=C)N(CCc1ccccc1)C(=N)CCC1=CC=CCC1.CC(=O)C(C)(C)N. The molecule has 0 heterocycles. The third-order valence-electron chi connectivity index (χ3n) is 7.07. The van der Waals surface area contributed by atoms with Gasteiger partial charge in [0.25, 0.3) is 0 Å². The topological polar surface area (TPSA) is 70.2 Å². The van der Waals surface area contributed by atoms with E-state index in [4.69, 9.17) is 11.1 Å². The molecule has 220 valence electrons. The molecular formula is C37H51N3O. The number of hydrogen-bond donors (Lipinski definition) is 2. The number of hydrogen-bond acceptors (Lipinski definition) is 3. The molecule has 0 spiro atoms. The number of amidine groups is 1. The van der Waals surface area contributed by atoms with Crippen molar-refractivity contribution in [2.75, 3.05) is 6.54 Å². The Morgan fingerprint density at radius 1 is 1.07 bits per heavy atom. The fourth-order valence-corrected chi connectivity index (χ4v) is 3.89. The molecule has 4 nitrogen and oxygen atoms in total. The van der Waals surface area contributed by atoms with Crippen LogP contribution in [0.15, 0.2) is 109 Å². The number of benzene rings is 2. The summed E-state index contributed by atoms with van der Waals surface area (Å²) in [4.78, 5) is 12.3. The second kappa shape index (κ2) is 18.6. The standard InChI is InChI=1S/C21H26N2.C11H14.C5H11NO/c1-3-18(2)23(17-16-20-12-8-5-9-13-20)21(22)15-14-19-10-6-4-7-11-19;1-4-9(2)11-8-6-5-7-10(11)3;1-4(7)5(2,3)6/h3-6,8-10,12-13,22H,1-2,7,11,14-17H2;4-8H,1-3H3;6H2,1-3H3/b;9-4-;. The maximum absolute atomic E-state index is 10.3. The molecule has 2 aromatic rings. The Labute approximate surface area is 249 Å². The highest BCUT2D eigenvalue weighted by Crippen LogP contribution is 2.19. The minimum atomic E-state index is -0.639. The van der Waals surface area contributed by atoms with Crippen molar-refractivity contribution < 1.29 is 4.79 Å². The first kappa shape index (κ1) is 35.3. The zero-order valence-corrected chi connectivity index (χ0v) is 26.2. The van der Waals surface area contributed by atoms with Gasteiger partial charge in [-0.25, -0.2) is 0 Å². The fraction of sp³-hybridized carbons (Fsp3) is 0.351. The van der Waals surface area contributed by atoms with Gasteiger partial charge in [-0.15, -0.1) is 0 Å². The van der Waals surface area contributed by atoms with Gasteiger partial charge in [0.1, 0.15) is 11.6 Å². The average molecular weight is 554 g/mol. The zero-order chi connectivity index (χ0) is 30.8. The largest absolute Gasteiger partial charge is 0.331 e. The van der Waals surface area contributed by atoms with Crippen LogP contribution in [0, 0.1) is 12.3 Å². The van der Waals surface area contributed by atoms with Gasteiger partial charge in [-0.3, -0.25) is 10.2 Å². The molecule has 1 aliphatic rings. The summed E-state index contributed by atoms with van der Waals surface area (Å²) >= 11 is 0. The number of carbonyl (C=O) groups excluding carboxylic acids is 1. The molecule has 0 saturated heterocycles. The van der Waals surface area contributed by atoms with E-state index in [2.05, 4.69) is 107 Å². The number of Topliss-reactive ketones (excluding diaryl/α,β-unsaturated/α-hetero) is 1. The number of nitrogens with one attached hydrogen (secondary N) is 1. The van der Waals surface area contributed by atoms with E-state index in [9.17, 15) is 4.79 Å². The number of allylic oxidation sites excluding steroid dienone is 7. The first-order valence-electron chi connectivity index (χ1n) is 14.4. The lowest BCUT2D eigenvalue weighted by Crippen LogP contribution is -2.39. The summed E-state index contributed by atoms with van der Waals surface area (Å²) in [6.45, 7) is 19.8. The number of aryl methyl sites for hydroxylation is 1. The Morgan fingerprint density at radius 3 is 2.20 bits per heavy atom. The molecule has 0 bridgehead atoms. The Kier molecular flexibility index (Phi) is 16.0. The summed E-state index contributed by atoms with van der Waals surface area (Å²) < 4.78 is 0. The van der Waals surface area contributed by atoms with Crippen molar-refractivity contribution in [1.82, 2.24) is 4.90 Å². The van der Waals surface area contributed by atoms with Gasteiger partial charge < -0.3 is 10.6 Å². The van der Waals surface area contributed by atoms with Gasteiger partial charge in [0.2, 0.25) is 0 Å². The number of nitrogens with two attached hydrogens (primary N) is 1. The van der Waals surface area contributed by atoms with Crippen LogP contribution in [0.5, 0.6) is 0 Å². The molecule has 0 atom stereocenters. The molecular weight excluding hydrogens is 502 g/mol. The Balaban J connectivity index is 0.000000385. The molecule has 0 aromatic heterocycles. The van der Waals surface area contributed by atoms with Crippen molar-refractivity contribution in [3.05, 3.63) is 126 Å². The first-order valence-corrected chi connectivity index (χ1v) is 14.4. The van der Waals surface area contributed by atoms with Crippen molar-refractivity contribution >= 4 is 17.2 Å². The van der Waals surface area contributed by atoms with Crippen LogP contribution in [-0.2, 0) is 11.2 Å². The smallest absolute Gasteiger partial charge is 0.149 e. The lowest BCUT2D eigenvalue weighted by atomic mass is 10.00. The van der Waals surface area contributed by atoms with E-state index in [0.29, 0.717) is 5.84 Å². The third-order valence-corrected chi connectivity index (χ3v) is 7.07. The molecule has 0 saturated carbocycles. The highest BCUT2D eigenvalue weighted by atomic mass is 16.1. The number of ketones is 1. The van der Waals surface area contributed by atoms with Crippen molar-refractivity contribution in [1.29, 1.82) is 5.41 Å². The average Bonchev–Trinajstić information content (AvgIpc) is 2.97. The summed E-state index contributed by atoms with van der Waals surface area (Å²) in [7, 11) is 0. The minimum Gasteiger partial charge on any atom is -0.331 e. The highest BCUT2D eigenvalue weighted by molar-refractivity contribution is 5.84. The number of carbonyl (C=O) groups is 1. The van der Waals surface area contributed by atoms with Gasteiger partial charge in [-0.1, -0.05) is 97.6 Å². The molecule has 4 heteroatoms. The molecule has 0 radical (unpaired) electrons. The van der Waals surface area contributed by atoms with Gasteiger partial charge in [0.15, 0.2) is 0 Å². The molecule has 0 amide bonds.